The predicted octanol–water partition coefficient (Wildman–Crippen LogP) is 3.73. The van der Waals surface area contributed by atoms with Crippen LogP contribution in [0, 0.1) is 18.7 Å². The molecule has 2 nitrogen and oxygen atoms in total. The number of benzene rings is 1. The van der Waals surface area contributed by atoms with Gasteiger partial charge in [-0.3, -0.25) is 4.90 Å². The number of piperazine rings is 1. The molecule has 1 saturated heterocycles. The maximum absolute atomic E-state index is 13.3. The van der Waals surface area contributed by atoms with E-state index in [0.717, 1.165) is 25.2 Å². The Balaban J connectivity index is 2.11. The molecule has 2 atom stereocenters. The molecule has 0 aliphatic carbocycles. The third-order valence-corrected chi connectivity index (χ3v) is 4.62. The van der Waals surface area contributed by atoms with E-state index in [1.165, 1.54) is 18.4 Å². The lowest BCUT2D eigenvalue weighted by Gasteiger charge is -2.42. The molecule has 0 bridgehead atoms. The lowest BCUT2D eigenvalue weighted by atomic mass is 9.95. The third-order valence-electron chi connectivity index (χ3n) is 4.62. The Hall–Kier alpha value is -0.930. The SMILES string of the molecule is CCCC1CN(Cc2ccc(F)cc2C)C(C(C)C)CN1. The van der Waals surface area contributed by atoms with Crippen LogP contribution < -0.4 is 5.32 Å². The van der Waals surface area contributed by atoms with E-state index in [-0.39, 0.29) is 5.82 Å². The van der Waals surface area contributed by atoms with Crippen LogP contribution in [-0.2, 0) is 6.54 Å². The molecule has 1 aliphatic heterocycles. The second-order valence-corrected chi connectivity index (χ2v) is 6.71. The first-order chi connectivity index (χ1) is 10.0. The highest BCUT2D eigenvalue weighted by Gasteiger charge is 2.29. The zero-order valence-electron chi connectivity index (χ0n) is 13.8. The van der Waals surface area contributed by atoms with Crippen molar-refractivity contribution in [3.8, 4) is 0 Å². The number of hydrogen-bond acceptors (Lipinski definition) is 2. The molecule has 0 radical (unpaired) electrons. The zero-order valence-corrected chi connectivity index (χ0v) is 13.8. The molecule has 1 aromatic carbocycles. The van der Waals surface area contributed by atoms with Gasteiger partial charge in [0.1, 0.15) is 5.82 Å². The van der Waals surface area contributed by atoms with Gasteiger partial charge in [-0.15, -0.1) is 0 Å². The summed E-state index contributed by atoms with van der Waals surface area (Å²) in [6.07, 6.45) is 2.44. The number of hydrogen-bond donors (Lipinski definition) is 1. The fraction of sp³-hybridized carbons (Fsp3) is 0.667. The quantitative estimate of drug-likeness (QED) is 0.889. The molecule has 118 valence electrons. The van der Waals surface area contributed by atoms with Crippen molar-refractivity contribution in [2.24, 2.45) is 5.92 Å². The molecule has 1 fully saturated rings. The summed E-state index contributed by atoms with van der Waals surface area (Å²) >= 11 is 0. The minimum absolute atomic E-state index is 0.138. The van der Waals surface area contributed by atoms with Crippen LogP contribution in [0.2, 0.25) is 0 Å². The highest BCUT2D eigenvalue weighted by atomic mass is 19.1. The smallest absolute Gasteiger partial charge is 0.123 e. The largest absolute Gasteiger partial charge is 0.311 e. The molecule has 1 aliphatic rings. The highest BCUT2D eigenvalue weighted by Crippen LogP contribution is 2.21. The summed E-state index contributed by atoms with van der Waals surface area (Å²) < 4.78 is 13.3. The van der Waals surface area contributed by atoms with Crippen LogP contribution in [0.5, 0.6) is 0 Å². The lowest BCUT2D eigenvalue weighted by Crippen LogP contribution is -2.57. The molecule has 21 heavy (non-hydrogen) atoms. The molecule has 1 N–H and O–H groups in total. The third kappa shape index (κ3) is 4.27. The van der Waals surface area contributed by atoms with Crippen molar-refractivity contribution in [1.82, 2.24) is 10.2 Å². The van der Waals surface area contributed by atoms with Gasteiger partial charge in [-0.05, 0) is 42.5 Å². The molecule has 2 rings (SSSR count). The van der Waals surface area contributed by atoms with Gasteiger partial charge in [0.25, 0.3) is 0 Å². The highest BCUT2D eigenvalue weighted by molar-refractivity contribution is 5.26. The van der Waals surface area contributed by atoms with Crippen molar-refractivity contribution in [2.45, 2.75) is 59.2 Å². The maximum atomic E-state index is 13.3. The van der Waals surface area contributed by atoms with E-state index in [2.05, 4.69) is 31.0 Å². The second-order valence-electron chi connectivity index (χ2n) is 6.71. The lowest BCUT2D eigenvalue weighted by molar-refractivity contribution is 0.0883. The van der Waals surface area contributed by atoms with Crippen LogP contribution in [0.15, 0.2) is 18.2 Å². The Bertz CT molecular complexity index is 459. The Kier molecular flexibility index (Phi) is 5.77. The molecule has 1 heterocycles. The molecule has 0 amide bonds. The van der Waals surface area contributed by atoms with Gasteiger partial charge in [-0.2, -0.15) is 0 Å². The summed E-state index contributed by atoms with van der Waals surface area (Å²) in [4.78, 5) is 2.59. The molecular formula is C18H29FN2. The van der Waals surface area contributed by atoms with Crippen molar-refractivity contribution in [3.05, 3.63) is 35.1 Å². The van der Waals surface area contributed by atoms with Crippen LogP contribution >= 0.6 is 0 Å². The van der Waals surface area contributed by atoms with Crippen LogP contribution in [0.25, 0.3) is 0 Å². The van der Waals surface area contributed by atoms with E-state index >= 15 is 0 Å². The molecule has 0 saturated carbocycles. The number of halogens is 1. The number of aryl methyl sites for hydroxylation is 1. The van der Waals surface area contributed by atoms with E-state index in [9.17, 15) is 4.39 Å². The van der Waals surface area contributed by atoms with Gasteiger partial charge in [-0.25, -0.2) is 4.39 Å². The fourth-order valence-electron chi connectivity index (χ4n) is 3.34. The Morgan fingerprint density at radius 3 is 2.76 bits per heavy atom. The maximum Gasteiger partial charge on any atom is 0.123 e. The minimum Gasteiger partial charge on any atom is -0.311 e. The number of nitrogens with zero attached hydrogens (tertiary/aromatic N) is 1. The van der Waals surface area contributed by atoms with Crippen molar-refractivity contribution in [3.63, 3.8) is 0 Å². The molecule has 2 unspecified atom stereocenters. The summed E-state index contributed by atoms with van der Waals surface area (Å²) in [5, 5.41) is 3.69. The molecule has 0 aromatic heterocycles. The molecular weight excluding hydrogens is 263 g/mol. The van der Waals surface area contributed by atoms with E-state index < -0.39 is 0 Å². The summed E-state index contributed by atoms with van der Waals surface area (Å²) in [5.41, 5.74) is 2.31. The fourth-order valence-corrected chi connectivity index (χ4v) is 3.34. The van der Waals surface area contributed by atoms with Crippen molar-refractivity contribution >= 4 is 0 Å². The first-order valence-electron chi connectivity index (χ1n) is 8.23. The van der Waals surface area contributed by atoms with Crippen LogP contribution in [-0.4, -0.2) is 30.1 Å². The Morgan fingerprint density at radius 1 is 1.38 bits per heavy atom. The van der Waals surface area contributed by atoms with E-state index in [1.54, 1.807) is 12.1 Å². The molecule has 3 heteroatoms. The summed E-state index contributed by atoms with van der Waals surface area (Å²) in [7, 11) is 0. The van der Waals surface area contributed by atoms with Gasteiger partial charge in [-0.1, -0.05) is 33.3 Å². The monoisotopic (exact) mass is 292 g/mol. The van der Waals surface area contributed by atoms with Crippen LogP contribution in [0.3, 0.4) is 0 Å². The predicted molar refractivity (Wildman–Crippen MR) is 86.9 cm³/mol. The van der Waals surface area contributed by atoms with E-state index in [1.807, 2.05) is 13.0 Å². The Morgan fingerprint density at radius 2 is 2.14 bits per heavy atom. The summed E-state index contributed by atoms with van der Waals surface area (Å²) in [6, 6.07) is 6.32. The minimum atomic E-state index is -0.138. The van der Waals surface area contributed by atoms with Crippen molar-refractivity contribution in [1.29, 1.82) is 0 Å². The van der Waals surface area contributed by atoms with Crippen molar-refractivity contribution < 1.29 is 4.39 Å². The van der Waals surface area contributed by atoms with Gasteiger partial charge >= 0.3 is 0 Å². The van der Waals surface area contributed by atoms with Crippen LogP contribution in [0.4, 0.5) is 4.39 Å². The van der Waals surface area contributed by atoms with Gasteiger partial charge in [0.15, 0.2) is 0 Å². The van der Waals surface area contributed by atoms with E-state index in [0.29, 0.717) is 18.0 Å². The zero-order chi connectivity index (χ0) is 15.4. The van der Waals surface area contributed by atoms with Crippen LogP contribution in [0.1, 0.15) is 44.7 Å². The van der Waals surface area contributed by atoms with Gasteiger partial charge in [0, 0.05) is 31.7 Å². The average Bonchev–Trinajstić information content (AvgIpc) is 2.42. The number of rotatable bonds is 5. The average molecular weight is 292 g/mol. The topological polar surface area (TPSA) is 15.3 Å². The second kappa shape index (κ2) is 7.37. The normalized spacial score (nSPS) is 23.7. The van der Waals surface area contributed by atoms with Crippen molar-refractivity contribution in [2.75, 3.05) is 13.1 Å². The summed E-state index contributed by atoms with van der Waals surface area (Å²) in [6.45, 7) is 11.9. The van der Waals surface area contributed by atoms with E-state index in [4.69, 9.17) is 0 Å². The first-order valence-corrected chi connectivity index (χ1v) is 8.23. The molecule has 0 spiro atoms. The summed E-state index contributed by atoms with van der Waals surface area (Å²) in [5.74, 6) is 0.488. The van der Waals surface area contributed by atoms with Gasteiger partial charge in [0.2, 0.25) is 0 Å². The first kappa shape index (κ1) is 16.4. The standard InChI is InChI=1S/C18H29FN2/c1-5-6-17-12-21(18(10-20-17)13(2)3)11-15-7-8-16(19)9-14(15)4/h7-9,13,17-18,20H,5-6,10-12H2,1-4H3. The van der Waals surface area contributed by atoms with Gasteiger partial charge in [0.05, 0.1) is 0 Å². The molecule has 1 aromatic rings. The van der Waals surface area contributed by atoms with Gasteiger partial charge < -0.3 is 5.32 Å². The Labute approximate surface area is 128 Å². The number of nitrogens with one attached hydrogen (secondary N) is 1.